The van der Waals surface area contributed by atoms with Crippen molar-refractivity contribution in [2.24, 2.45) is 5.73 Å². The predicted molar refractivity (Wildman–Crippen MR) is 72.1 cm³/mol. The Morgan fingerprint density at radius 3 is 2.31 bits per heavy atom. The fourth-order valence-electron chi connectivity index (χ4n) is 2.08. The third-order valence-corrected chi connectivity index (χ3v) is 3.08. The summed E-state index contributed by atoms with van der Waals surface area (Å²) in [5.74, 6) is 0.551. The minimum Gasteiger partial charge on any atom is -0.368 e. The van der Waals surface area contributed by atoms with Gasteiger partial charge in [-0.2, -0.15) is 0 Å². The van der Waals surface area contributed by atoms with Crippen LogP contribution in [0.3, 0.4) is 0 Å². The number of benzene rings is 1. The van der Waals surface area contributed by atoms with E-state index >= 15 is 0 Å². The zero-order valence-corrected chi connectivity index (χ0v) is 10.9. The fraction of sp³-hybridized carbons (Fsp3) is 0.571. The molecule has 2 heteroatoms. The second-order valence-electron chi connectivity index (χ2n) is 4.58. The molecule has 0 aliphatic rings. The first kappa shape index (κ1) is 13.0. The first-order valence-corrected chi connectivity index (χ1v) is 6.17. The van der Waals surface area contributed by atoms with Gasteiger partial charge in [0.15, 0.2) is 0 Å². The van der Waals surface area contributed by atoms with Crippen LogP contribution in [0.15, 0.2) is 24.3 Å². The van der Waals surface area contributed by atoms with E-state index in [1.165, 1.54) is 11.3 Å². The van der Waals surface area contributed by atoms with E-state index in [-0.39, 0.29) is 0 Å². The maximum Gasteiger partial charge on any atom is 0.0404 e. The van der Waals surface area contributed by atoms with Gasteiger partial charge in [-0.05, 0) is 31.4 Å². The second kappa shape index (κ2) is 5.90. The second-order valence-corrected chi connectivity index (χ2v) is 4.58. The summed E-state index contributed by atoms with van der Waals surface area (Å²) in [6.45, 7) is 10.5. The van der Waals surface area contributed by atoms with Crippen molar-refractivity contribution < 1.29 is 0 Å². The molecule has 0 aromatic heterocycles. The number of anilines is 1. The minimum atomic E-state index is 0.393. The summed E-state index contributed by atoms with van der Waals surface area (Å²) in [5, 5.41) is 0. The number of hydrogen-bond donors (Lipinski definition) is 1. The summed E-state index contributed by atoms with van der Waals surface area (Å²) in [6, 6.07) is 9.02. The molecule has 2 N–H and O–H groups in total. The molecule has 0 aliphatic carbocycles. The predicted octanol–water partition coefficient (Wildman–Crippen LogP) is 2.98. The molecule has 1 aromatic rings. The lowest BCUT2D eigenvalue weighted by atomic mass is 9.99. The number of nitrogens with zero attached hydrogens (tertiary/aromatic N) is 1. The van der Waals surface area contributed by atoms with Gasteiger partial charge in [0, 0.05) is 24.8 Å². The Bertz CT molecular complexity index is 320. The van der Waals surface area contributed by atoms with Crippen LogP contribution in [0, 0.1) is 0 Å². The maximum atomic E-state index is 5.77. The molecular weight excluding hydrogens is 196 g/mol. The van der Waals surface area contributed by atoms with E-state index in [2.05, 4.69) is 56.9 Å². The van der Waals surface area contributed by atoms with Crippen LogP contribution in [0.25, 0.3) is 0 Å². The Morgan fingerprint density at radius 1 is 1.19 bits per heavy atom. The first-order valence-electron chi connectivity index (χ1n) is 6.17. The molecule has 0 saturated heterocycles. The lowest BCUT2D eigenvalue weighted by Gasteiger charge is -2.32. The van der Waals surface area contributed by atoms with Gasteiger partial charge in [-0.25, -0.2) is 0 Å². The van der Waals surface area contributed by atoms with Crippen LogP contribution < -0.4 is 10.6 Å². The Morgan fingerprint density at radius 2 is 1.81 bits per heavy atom. The van der Waals surface area contributed by atoms with Gasteiger partial charge in [0.2, 0.25) is 0 Å². The van der Waals surface area contributed by atoms with Crippen molar-refractivity contribution in [2.45, 2.75) is 39.7 Å². The minimum absolute atomic E-state index is 0.393. The molecule has 0 radical (unpaired) electrons. The Hall–Kier alpha value is -1.02. The van der Waals surface area contributed by atoms with Crippen molar-refractivity contribution in [2.75, 3.05) is 18.0 Å². The lowest BCUT2D eigenvalue weighted by Crippen LogP contribution is -2.38. The Balaban J connectivity index is 3.09. The molecule has 0 aliphatic heterocycles. The topological polar surface area (TPSA) is 29.3 Å². The fourth-order valence-corrected chi connectivity index (χ4v) is 2.08. The lowest BCUT2D eigenvalue weighted by molar-refractivity contribution is 0.651. The van der Waals surface area contributed by atoms with E-state index in [1.54, 1.807) is 0 Å². The zero-order valence-electron chi connectivity index (χ0n) is 10.9. The van der Waals surface area contributed by atoms with Crippen LogP contribution >= 0.6 is 0 Å². The summed E-state index contributed by atoms with van der Waals surface area (Å²) >= 11 is 0. The molecule has 1 aromatic carbocycles. The van der Waals surface area contributed by atoms with Gasteiger partial charge >= 0.3 is 0 Å². The van der Waals surface area contributed by atoms with Crippen molar-refractivity contribution >= 4 is 5.69 Å². The van der Waals surface area contributed by atoms with Crippen molar-refractivity contribution in [3.8, 4) is 0 Å². The van der Waals surface area contributed by atoms with Gasteiger partial charge in [0.25, 0.3) is 0 Å². The molecule has 0 amide bonds. The summed E-state index contributed by atoms with van der Waals surface area (Å²) in [6.07, 6.45) is 0. The molecular formula is C14H24N2. The van der Waals surface area contributed by atoms with Crippen molar-refractivity contribution in [3.05, 3.63) is 29.8 Å². The first-order chi connectivity index (χ1) is 7.61. The molecule has 90 valence electrons. The smallest absolute Gasteiger partial charge is 0.0404 e. The van der Waals surface area contributed by atoms with E-state index < -0.39 is 0 Å². The number of likely N-dealkylation sites (N-methyl/N-ethyl adjacent to an activating group) is 1. The normalized spacial score (nSPS) is 12.9. The quantitative estimate of drug-likeness (QED) is 0.826. The van der Waals surface area contributed by atoms with E-state index in [9.17, 15) is 0 Å². The average Bonchev–Trinajstić information content (AvgIpc) is 2.30. The van der Waals surface area contributed by atoms with Crippen LogP contribution in [0.4, 0.5) is 5.69 Å². The highest BCUT2D eigenvalue weighted by atomic mass is 15.2. The summed E-state index contributed by atoms with van der Waals surface area (Å²) in [4.78, 5) is 2.38. The third-order valence-electron chi connectivity index (χ3n) is 3.08. The SMILES string of the molecule is CCN(c1ccccc1C(C)C)C(C)CN. The van der Waals surface area contributed by atoms with Crippen LogP contribution in [0.1, 0.15) is 39.2 Å². The van der Waals surface area contributed by atoms with E-state index in [0.717, 1.165) is 6.54 Å². The summed E-state index contributed by atoms with van der Waals surface area (Å²) < 4.78 is 0. The molecule has 0 spiro atoms. The molecule has 2 nitrogen and oxygen atoms in total. The summed E-state index contributed by atoms with van der Waals surface area (Å²) in [5.41, 5.74) is 8.51. The number of nitrogens with two attached hydrogens (primary N) is 1. The molecule has 0 fully saturated rings. The average molecular weight is 220 g/mol. The molecule has 0 saturated carbocycles. The molecule has 16 heavy (non-hydrogen) atoms. The van der Waals surface area contributed by atoms with E-state index in [4.69, 9.17) is 5.73 Å². The summed E-state index contributed by atoms with van der Waals surface area (Å²) in [7, 11) is 0. The van der Waals surface area contributed by atoms with Crippen LogP contribution in [-0.2, 0) is 0 Å². The van der Waals surface area contributed by atoms with Gasteiger partial charge in [0.1, 0.15) is 0 Å². The molecule has 0 heterocycles. The highest BCUT2D eigenvalue weighted by molar-refractivity contribution is 5.55. The van der Waals surface area contributed by atoms with Crippen LogP contribution in [-0.4, -0.2) is 19.1 Å². The van der Waals surface area contributed by atoms with Crippen LogP contribution in [0.5, 0.6) is 0 Å². The van der Waals surface area contributed by atoms with Crippen molar-refractivity contribution in [3.63, 3.8) is 0 Å². The van der Waals surface area contributed by atoms with E-state index in [1.807, 2.05) is 0 Å². The highest BCUT2D eigenvalue weighted by Gasteiger charge is 2.15. The standard InChI is InChI=1S/C14H24N2/c1-5-16(12(4)10-15)14-9-7-6-8-13(14)11(2)3/h6-9,11-12H,5,10,15H2,1-4H3. The largest absolute Gasteiger partial charge is 0.368 e. The molecule has 1 atom stereocenters. The monoisotopic (exact) mass is 220 g/mol. The highest BCUT2D eigenvalue weighted by Crippen LogP contribution is 2.28. The van der Waals surface area contributed by atoms with Gasteiger partial charge < -0.3 is 10.6 Å². The molecule has 1 rings (SSSR count). The zero-order chi connectivity index (χ0) is 12.1. The van der Waals surface area contributed by atoms with Gasteiger partial charge in [0.05, 0.1) is 0 Å². The van der Waals surface area contributed by atoms with Gasteiger partial charge in [-0.1, -0.05) is 32.0 Å². The van der Waals surface area contributed by atoms with Crippen LogP contribution in [0.2, 0.25) is 0 Å². The molecule has 0 bridgehead atoms. The number of hydrogen-bond acceptors (Lipinski definition) is 2. The Labute approximate surface area is 99.5 Å². The maximum absolute atomic E-state index is 5.77. The number of rotatable bonds is 5. The Kier molecular flexibility index (Phi) is 4.81. The number of para-hydroxylation sites is 1. The third kappa shape index (κ3) is 2.76. The molecule has 1 unspecified atom stereocenters. The van der Waals surface area contributed by atoms with Gasteiger partial charge in [-0.15, -0.1) is 0 Å². The van der Waals surface area contributed by atoms with Gasteiger partial charge in [-0.3, -0.25) is 0 Å². The van der Waals surface area contributed by atoms with Crippen molar-refractivity contribution in [1.29, 1.82) is 0 Å². The van der Waals surface area contributed by atoms with E-state index in [0.29, 0.717) is 18.5 Å². The van der Waals surface area contributed by atoms with Crippen molar-refractivity contribution in [1.82, 2.24) is 0 Å².